The van der Waals surface area contributed by atoms with Gasteiger partial charge in [0.1, 0.15) is 0 Å². The lowest BCUT2D eigenvalue weighted by Crippen LogP contribution is -2.04. The fraction of sp³-hybridized carbons (Fsp3) is 0.538. The summed E-state index contributed by atoms with van der Waals surface area (Å²) < 4.78 is 37.5. The molecule has 0 saturated heterocycles. The standard InChI is InChI=1S/C13H18O5S/c1-16-13-7-11(9-18-19(2,14)15)5-6-12(13)17-8-10-3-4-10/h5-7,10H,3-4,8-9H2,1-2H3. The van der Waals surface area contributed by atoms with Gasteiger partial charge in [-0.3, -0.25) is 4.18 Å². The van der Waals surface area contributed by atoms with E-state index in [0.717, 1.165) is 11.8 Å². The molecule has 0 radical (unpaired) electrons. The molecule has 106 valence electrons. The minimum Gasteiger partial charge on any atom is -0.493 e. The van der Waals surface area contributed by atoms with E-state index in [-0.39, 0.29) is 6.61 Å². The zero-order chi connectivity index (χ0) is 13.9. The van der Waals surface area contributed by atoms with Crippen LogP contribution in [-0.4, -0.2) is 28.4 Å². The van der Waals surface area contributed by atoms with Crippen molar-refractivity contribution in [2.45, 2.75) is 19.4 Å². The van der Waals surface area contributed by atoms with Crippen LogP contribution in [0, 0.1) is 5.92 Å². The van der Waals surface area contributed by atoms with Crippen molar-refractivity contribution in [2.24, 2.45) is 5.92 Å². The van der Waals surface area contributed by atoms with Crippen molar-refractivity contribution in [3.63, 3.8) is 0 Å². The highest BCUT2D eigenvalue weighted by molar-refractivity contribution is 7.85. The second kappa shape index (κ2) is 5.79. The van der Waals surface area contributed by atoms with Crippen molar-refractivity contribution in [2.75, 3.05) is 20.0 Å². The van der Waals surface area contributed by atoms with E-state index in [9.17, 15) is 8.42 Å². The van der Waals surface area contributed by atoms with Gasteiger partial charge in [-0.05, 0) is 36.5 Å². The van der Waals surface area contributed by atoms with Gasteiger partial charge in [0.2, 0.25) is 0 Å². The molecule has 0 bridgehead atoms. The average molecular weight is 286 g/mol. The van der Waals surface area contributed by atoms with E-state index < -0.39 is 10.1 Å². The summed E-state index contributed by atoms with van der Waals surface area (Å²) in [4.78, 5) is 0. The van der Waals surface area contributed by atoms with Crippen molar-refractivity contribution in [1.29, 1.82) is 0 Å². The number of hydrogen-bond acceptors (Lipinski definition) is 5. The molecular formula is C13H18O5S. The molecule has 5 nitrogen and oxygen atoms in total. The van der Waals surface area contributed by atoms with Crippen LogP contribution < -0.4 is 9.47 Å². The summed E-state index contributed by atoms with van der Waals surface area (Å²) in [6.45, 7) is 0.702. The van der Waals surface area contributed by atoms with E-state index in [1.54, 1.807) is 25.3 Å². The molecule has 0 atom stereocenters. The molecule has 1 aromatic carbocycles. The first-order valence-corrected chi connectivity index (χ1v) is 7.93. The van der Waals surface area contributed by atoms with Gasteiger partial charge in [0.15, 0.2) is 11.5 Å². The molecule has 1 aliphatic carbocycles. The van der Waals surface area contributed by atoms with Gasteiger partial charge < -0.3 is 9.47 Å². The van der Waals surface area contributed by atoms with Gasteiger partial charge in [0.05, 0.1) is 26.6 Å². The number of methoxy groups -OCH3 is 1. The molecule has 0 unspecified atom stereocenters. The van der Waals surface area contributed by atoms with E-state index in [1.165, 1.54) is 12.8 Å². The Balaban J connectivity index is 2.01. The molecule has 0 heterocycles. The van der Waals surface area contributed by atoms with Crippen molar-refractivity contribution in [1.82, 2.24) is 0 Å². The largest absolute Gasteiger partial charge is 0.493 e. The van der Waals surface area contributed by atoms with Gasteiger partial charge >= 0.3 is 0 Å². The predicted octanol–water partition coefficient (Wildman–Crippen LogP) is 1.96. The SMILES string of the molecule is COc1cc(COS(C)(=O)=O)ccc1OCC1CC1. The van der Waals surface area contributed by atoms with Gasteiger partial charge in [-0.2, -0.15) is 8.42 Å². The number of hydrogen-bond donors (Lipinski definition) is 0. The summed E-state index contributed by atoms with van der Waals surface area (Å²) >= 11 is 0. The van der Waals surface area contributed by atoms with Gasteiger partial charge in [0, 0.05) is 0 Å². The molecule has 6 heteroatoms. The third-order valence-electron chi connectivity index (χ3n) is 2.84. The Kier molecular flexibility index (Phi) is 4.31. The molecule has 0 spiro atoms. The molecule has 2 rings (SSSR count). The highest BCUT2D eigenvalue weighted by atomic mass is 32.2. The highest BCUT2D eigenvalue weighted by Crippen LogP contribution is 2.33. The summed E-state index contributed by atoms with van der Waals surface area (Å²) in [5.74, 6) is 1.94. The molecule has 19 heavy (non-hydrogen) atoms. The van der Waals surface area contributed by atoms with Gasteiger partial charge in [-0.25, -0.2) is 0 Å². The van der Waals surface area contributed by atoms with Crippen LogP contribution in [-0.2, 0) is 20.9 Å². The Hall–Kier alpha value is -1.27. The summed E-state index contributed by atoms with van der Waals surface area (Å²) in [5, 5.41) is 0. The lowest BCUT2D eigenvalue weighted by atomic mass is 10.2. The molecule has 1 fully saturated rings. The monoisotopic (exact) mass is 286 g/mol. The van der Waals surface area contributed by atoms with Crippen LogP contribution in [0.4, 0.5) is 0 Å². The fourth-order valence-corrected chi connectivity index (χ4v) is 1.94. The minimum absolute atomic E-state index is 0.00189. The van der Waals surface area contributed by atoms with Crippen LogP contribution in [0.5, 0.6) is 11.5 Å². The van der Waals surface area contributed by atoms with Crippen LogP contribution >= 0.6 is 0 Å². The lowest BCUT2D eigenvalue weighted by Gasteiger charge is -2.11. The summed E-state index contributed by atoms with van der Waals surface area (Å²) in [6.07, 6.45) is 3.47. The Morgan fingerprint density at radius 3 is 2.58 bits per heavy atom. The first-order valence-electron chi connectivity index (χ1n) is 6.12. The van der Waals surface area contributed by atoms with E-state index >= 15 is 0 Å². The third-order valence-corrected chi connectivity index (χ3v) is 3.39. The van der Waals surface area contributed by atoms with Crippen LogP contribution in [0.3, 0.4) is 0 Å². The van der Waals surface area contributed by atoms with Gasteiger partial charge in [-0.15, -0.1) is 0 Å². The van der Waals surface area contributed by atoms with Crippen LogP contribution in [0.15, 0.2) is 18.2 Å². The molecule has 0 aromatic heterocycles. The van der Waals surface area contributed by atoms with Gasteiger partial charge in [0.25, 0.3) is 10.1 Å². The normalized spacial score (nSPS) is 15.3. The Morgan fingerprint density at radius 1 is 1.26 bits per heavy atom. The summed E-state index contributed by atoms with van der Waals surface area (Å²) in [6, 6.07) is 5.28. The first kappa shape index (κ1) is 14.1. The van der Waals surface area contributed by atoms with Crippen molar-refractivity contribution < 1.29 is 22.1 Å². The molecule has 1 aliphatic rings. The van der Waals surface area contributed by atoms with E-state index in [4.69, 9.17) is 13.7 Å². The Bertz CT molecular complexity index is 534. The number of benzene rings is 1. The molecule has 0 N–H and O–H groups in total. The van der Waals surface area contributed by atoms with Crippen molar-refractivity contribution >= 4 is 10.1 Å². The Labute approximate surface area is 113 Å². The van der Waals surface area contributed by atoms with Gasteiger partial charge in [-0.1, -0.05) is 6.07 Å². The van der Waals surface area contributed by atoms with Crippen molar-refractivity contribution in [3.8, 4) is 11.5 Å². The van der Waals surface area contributed by atoms with E-state index in [2.05, 4.69) is 0 Å². The average Bonchev–Trinajstić information content (AvgIpc) is 3.17. The first-order chi connectivity index (χ1) is 8.98. The zero-order valence-corrected chi connectivity index (χ0v) is 11.9. The molecule has 1 saturated carbocycles. The maximum Gasteiger partial charge on any atom is 0.264 e. The highest BCUT2D eigenvalue weighted by Gasteiger charge is 2.22. The summed E-state index contributed by atoms with van der Waals surface area (Å²) in [5.41, 5.74) is 0.723. The second-order valence-electron chi connectivity index (χ2n) is 4.71. The predicted molar refractivity (Wildman–Crippen MR) is 70.8 cm³/mol. The topological polar surface area (TPSA) is 61.8 Å². The second-order valence-corrected chi connectivity index (χ2v) is 6.35. The Morgan fingerprint density at radius 2 is 2.00 bits per heavy atom. The number of ether oxygens (including phenoxy) is 2. The van der Waals surface area contributed by atoms with Crippen LogP contribution in [0.2, 0.25) is 0 Å². The quantitative estimate of drug-likeness (QED) is 0.717. The lowest BCUT2D eigenvalue weighted by molar-refractivity contribution is 0.278. The maximum atomic E-state index is 10.9. The minimum atomic E-state index is -3.44. The smallest absolute Gasteiger partial charge is 0.264 e. The number of rotatable bonds is 7. The van der Waals surface area contributed by atoms with Crippen molar-refractivity contribution in [3.05, 3.63) is 23.8 Å². The zero-order valence-electron chi connectivity index (χ0n) is 11.1. The van der Waals surface area contributed by atoms with Crippen LogP contribution in [0.25, 0.3) is 0 Å². The fourth-order valence-electron chi connectivity index (χ4n) is 1.59. The summed E-state index contributed by atoms with van der Waals surface area (Å²) in [7, 11) is -1.88. The van der Waals surface area contributed by atoms with E-state index in [0.29, 0.717) is 24.0 Å². The van der Waals surface area contributed by atoms with Crippen LogP contribution in [0.1, 0.15) is 18.4 Å². The maximum absolute atomic E-state index is 10.9. The molecule has 0 aliphatic heterocycles. The third kappa shape index (κ3) is 4.72. The molecule has 1 aromatic rings. The molecular weight excluding hydrogens is 268 g/mol. The molecule has 0 amide bonds. The van der Waals surface area contributed by atoms with E-state index in [1.807, 2.05) is 0 Å².